The molecule has 3 rings (SSSR count). The number of hydrogen-bond acceptors (Lipinski definition) is 2. The highest BCUT2D eigenvalue weighted by Crippen LogP contribution is 2.27. The van der Waals surface area contributed by atoms with Crippen LogP contribution in [0.3, 0.4) is 0 Å². The van der Waals surface area contributed by atoms with Gasteiger partial charge in [-0.05, 0) is 55.0 Å². The van der Waals surface area contributed by atoms with Crippen molar-refractivity contribution in [1.82, 2.24) is 0 Å². The molecule has 1 aromatic heterocycles. The summed E-state index contributed by atoms with van der Waals surface area (Å²) in [6, 6.07) is 10.2. The van der Waals surface area contributed by atoms with Crippen molar-refractivity contribution in [2.75, 3.05) is 11.9 Å². The van der Waals surface area contributed by atoms with Crippen LogP contribution in [-0.4, -0.2) is 12.5 Å². The summed E-state index contributed by atoms with van der Waals surface area (Å²) >= 11 is 0. The molecule has 110 valence electrons. The zero-order valence-electron chi connectivity index (χ0n) is 12.1. The van der Waals surface area contributed by atoms with Gasteiger partial charge in [-0.25, -0.2) is 0 Å². The molecule has 0 saturated carbocycles. The number of anilines is 1. The van der Waals surface area contributed by atoms with Gasteiger partial charge in [-0.2, -0.15) is 0 Å². The van der Waals surface area contributed by atoms with Gasteiger partial charge in [-0.1, -0.05) is 12.1 Å². The molecule has 0 fully saturated rings. The maximum absolute atomic E-state index is 5.99. The Kier molecular flexibility index (Phi) is 4.24. The van der Waals surface area contributed by atoms with Gasteiger partial charge in [0.15, 0.2) is 5.96 Å². The Morgan fingerprint density at radius 1 is 1.19 bits per heavy atom. The number of aryl methyl sites for hydroxylation is 1. The molecule has 0 amide bonds. The van der Waals surface area contributed by atoms with Crippen molar-refractivity contribution < 1.29 is 4.42 Å². The highest BCUT2D eigenvalue weighted by Gasteiger charge is 2.12. The van der Waals surface area contributed by atoms with E-state index in [4.69, 9.17) is 10.2 Å². The number of nitrogens with two attached hydrogens (primary N) is 1. The first kappa shape index (κ1) is 13.7. The number of furan rings is 1. The van der Waals surface area contributed by atoms with Gasteiger partial charge >= 0.3 is 0 Å². The SMILES string of the molecule is NC(=NCCc1ccco1)Nc1cccc2c1CCCC2. The number of nitrogens with one attached hydrogen (secondary N) is 1. The smallest absolute Gasteiger partial charge is 0.193 e. The zero-order chi connectivity index (χ0) is 14.5. The van der Waals surface area contributed by atoms with Gasteiger partial charge in [0, 0.05) is 18.7 Å². The van der Waals surface area contributed by atoms with Crippen LogP contribution in [0.15, 0.2) is 46.0 Å². The second-order valence-corrected chi connectivity index (χ2v) is 5.37. The quantitative estimate of drug-likeness (QED) is 0.669. The van der Waals surface area contributed by atoms with Crippen LogP contribution in [0, 0.1) is 0 Å². The predicted octanol–water partition coefficient (Wildman–Crippen LogP) is 3.13. The van der Waals surface area contributed by atoms with Crippen LogP contribution in [0.5, 0.6) is 0 Å². The number of rotatable bonds is 4. The highest BCUT2D eigenvalue weighted by molar-refractivity contribution is 5.93. The van der Waals surface area contributed by atoms with Gasteiger partial charge in [0.05, 0.1) is 6.26 Å². The minimum absolute atomic E-state index is 0.473. The maximum atomic E-state index is 5.99. The van der Waals surface area contributed by atoms with Crippen molar-refractivity contribution in [1.29, 1.82) is 0 Å². The van der Waals surface area contributed by atoms with Crippen molar-refractivity contribution in [3.8, 4) is 0 Å². The fourth-order valence-electron chi connectivity index (χ4n) is 2.82. The van der Waals surface area contributed by atoms with Crippen molar-refractivity contribution in [3.63, 3.8) is 0 Å². The maximum Gasteiger partial charge on any atom is 0.193 e. The van der Waals surface area contributed by atoms with Crippen LogP contribution in [0.25, 0.3) is 0 Å². The number of fused-ring (bicyclic) bond motifs is 1. The third-order valence-electron chi connectivity index (χ3n) is 3.88. The first-order chi connectivity index (χ1) is 10.3. The Morgan fingerprint density at radius 3 is 2.95 bits per heavy atom. The zero-order valence-corrected chi connectivity index (χ0v) is 12.1. The Morgan fingerprint density at radius 2 is 2.10 bits per heavy atom. The molecule has 0 atom stereocenters. The van der Waals surface area contributed by atoms with Gasteiger partial charge in [-0.15, -0.1) is 0 Å². The average Bonchev–Trinajstić information content (AvgIpc) is 3.01. The molecule has 4 heteroatoms. The summed E-state index contributed by atoms with van der Waals surface area (Å²) in [6.07, 6.45) is 7.27. The van der Waals surface area contributed by atoms with Crippen LogP contribution in [0.2, 0.25) is 0 Å². The van der Waals surface area contributed by atoms with Crippen molar-refractivity contribution in [2.24, 2.45) is 10.7 Å². The Balaban J connectivity index is 1.63. The first-order valence-electron chi connectivity index (χ1n) is 7.53. The van der Waals surface area contributed by atoms with Crippen molar-refractivity contribution in [2.45, 2.75) is 32.1 Å². The molecule has 21 heavy (non-hydrogen) atoms. The van der Waals surface area contributed by atoms with Crippen molar-refractivity contribution >= 4 is 11.6 Å². The van der Waals surface area contributed by atoms with E-state index in [2.05, 4.69) is 28.5 Å². The summed E-state index contributed by atoms with van der Waals surface area (Å²) in [5.74, 6) is 1.41. The summed E-state index contributed by atoms with van der Waals surface area (Å²) < 4.78 is 5.28. The van der Waals surface area contributed by atoms with Crippen LogP contribution in [-0.2, 0) is 19.3 Å². The fourth-order valence-corrected chi connectivity index (χ4v) is 2.82. The number of nitrogens with zero attached hydrogens (tertiary/aromatic N) is 1. The molecule has 2 aromatic rings. The predicted molar refractivity (Wildman–Crippen MR) is 85.6 cm³/mol. The minimum Gasteiger partial charge on any atom is -0.469 e. The fraction of sp³-hybridized carbons (Fsp3) is 0.353. The molecule has 0 radical (unpaired) electrons. The van der Waals surface area contributed by atoms with Crippen LogP contribution in [0.1, 0.15) is 29.7 Å². The van der Waals surface area contributed by atoms with Gasteiger partial charge in [-0.3, -0.25) is 4.99 Å². The molecule has 0 unspecified atom stereocenters. The molecule has 0 bridgehead atoms. The second kappa shape index (κ2) is 6.48. The van der Waals surface area contributed by atoms with Gasteiger partial charge in [0.2, 0.25) is 0 Å². The lowest BCUT2D eigenvalue weighted by Gasteiger charge is -2.19. The number of guanidine groups is 1. The topological polar surface area (TPSA) is 63.5 Å². The molecule has 0 aliphatic heterocycles. The lowest BCUT2D eigenvalue weighted by molar-refractivity contribution is 0.511. The molecule has 0 saturated heterocycles. The monoisotopic (exact) mass is 283 g/mol. The van der Waals surface area contributed by atoms with E-state index in [0.717, 1.165) is 24.3 Å². The number of benzene rings is 1. The molecule has 1 heterocycles. The molecule has 4 nitrogen and oxygen atoms in total. The van der Waals surface area contributed by atoms with E-state index in [0.29, 0.717) is 12.5 Å². The second-order valence-electron chi connectivity index (χ2n) is 5.37. The molecule has 1 aromatic carbocycles. The summed E-state index contributed by atoms with van der Waals surface area (Å²) in [6.45, 7) is 0.626. The largest absolute Gasteiger partial charge is 0.469 e. The standard InChI is InChI=1S/C17H21N3O/c18-17(19-11-10-14-7-4-12-21-14)20-16-9-3-6-13-5-1-2-8-15(13)16/h3-4,6-7,9,12H,1-2,5,8,10-11H2,(H3,18,19,20). The minimum atomic E-state index is 0.473. The number of aliphatic imine (C=N–C) groups is 1. The molecule has 3 N–H and O–H groups in total. The molecule has 1 aliphatic carbocycles. The van der Waals surface area contributed by atoms with E-state index in [1.807, 2.05) is 12.1 Å². The van der Waals surface area contributed by atoms with E-state index in [1.54, 1.807) is 6.26 Å². The lowest BCUT2D eigenvalue weighted by atomic mass is 9.90. The van der Waals surface area contributed by atoms with E-state index in [-0.39, 0.29) is 0 Å². The van der Waals surface area contributed by atoms with Gasteiger partial charge in [0.25, 0.3) is 0 Å². The number of hydrogen-bond donors (Lipinski definition) is 2. The Hall–Kier alpha value is -2.23. The summed E-state index contributed by atoms with van der Waals surface area (Å²) in [7, 11) is 0. The van der Waals surface area contributed by atoms with Crippen molar-refractivity contribution in [3.05, 3.63) is 53.5 Å². The molecule has 1 aliphatic rings. The van der Waals surface area contributed by atoms with E-state index in [9.17, 15) is 0 Å². The summed E-state index contributed by atoms with van der Waals surface area (Å²) in [5.41, 5.74) is 9.93. The molecular formula is C17H21N3O. The van der Waals surface area contributed by atoms with Gasteiger partial charge < -0.3 is 15.5 Å². The first-order valence-corrected chi connectivity index (χ1v) is 7.53. The summed E-state index contributed by atoms with van der Waals surface area (Å²) in [5, 5.41) is 3.25. The third kappa shape index (κ3) is 3.45. The normalized spacial score (nSPS) is 14.8. The third-order valence-corrected chi connectivity index (χ3v) is 3.88. The van der Waals surface area contributed by atoms with E-state index >= 15 is 0 Å². The summed E-state index contributed by atoms with van der Waals surface area (Å²) in [4.78, 5) is 4.37. The lowest BCUT2D eigenvalue weighted by Crippen LogP contribution is -2.24. The Bertz CT molecular complexity index is 617. The van der Waals surface area contributed by atoms with Crippen LogP contribution in [0.4, 0.5) is 5.69 Å². The van der Waals surface area contributed by atoms with E-state index in [1.165, 1.54) is 30.4 Å². The van der Waals surface area contributed by atoms with Gasteiger partial charge in [0.1, 0.15) is 5.76 Å². The molecular weight excluding hydrogens is 262 g/mol. The highest BCUT2D eigenvalue weighted by atomic mass is 16.3. The van der Waals surface area contributed by atoms with Crippen LogP contribution < -0.4 is 11.1 Å². The molecule has 0 spiro atoms. The van der Waals surface area contributed by atoms with Crippen LogP contribution >= 0.6 is 0 Å². The average molecular weight is 283 g/mol. The Labute approximate surface area is 125 Å². The van der Waals surface area contributed by atoms with E-state index < -0.39 is 0 Å².